The summed E-state index contributed by atoms with van der Waals surface area (Å²) in [4.78, 5) is 7.52. The number of halogens is 3. The van der Waals surface area contributed by atoms with E-state index in [-0.39, 0.29) is 22.7 Å². The van der Waals surface area contributed by atoms with Gasteiger partial charge in [0.2, 0.25) is 5.88 Å². The average molecular weight is 450 g/mol. The molecule has 6 nitrogen and oxygen atoms in total. The molecule has 0 unspecified atom stereocenters. The van der Waals surface area contributed by atoms with Crippen LogP contribution in [-0.2, 0) is 18.0 Å². The molecular weight excluding hydrogens is 429 g/mol. The van der Waals surface area contributed by atoms with Gasteiger partial charge in [0.25, 0.3) is 0 Å². The molecule has 0 saturated carbocycles. The van der Waals surface area contributed by atoms with E-state index in [2.05, 4.69) is 35.9 Å². The highest BCUT2D eigenvalue weighted by Gasteiger charge is 2.38. The molecule has 0 aliphatic heterocycles. The summed E-state index contributed by atoms with van der Waals surface area (Å²) >= 11 is 0.706. The van der Waals surface area contributed by atoms with Gasteiger partial charge in [-0.3, -0.25) is 0 Å². The second-order valence-electron chi connectivity index (χ2n) is 7.76. The first-order chi connectivity index (χ1) is 14.5. The van der Waals surface area contributed by atoms with Crippen molar-refractivity contribution in [2.24, 2.45) is 10.9 Å². The highest BCUT2D eigenvalue weighted by molar-refractivity contribution is 7.13. The summed E-state index contributed by atoms with van der Waals surface area (Å²) in [6.07, 6.45) is -3.16. The lowest BCUT2D eigenvalue weighted by molar-refractivity contribution is -0.140. The second-order valence-corrected chi connectivity index (χ2v) is 8.84. The molecule has 0 aliphatic rings. The van der Waals surface area contributed by atoms with E-state index in [0.29, 0.717) is 22.6 Å². The second kappa shape index (κ2) is 8.54. The Morgan fingerprint density at radius 2 is 1.87 bits per heavy atom. The number of nitrogens with zero attached hydrogens (tertiary/aromatic N) is 3. The van der Waals surface area contributed by atoms with Crippen LogP contribution < -0.4 is 10.5 Å². The number of aromatic nitrogens is 2. The lowest BCUT2D eigenvalue weighted by Gasteiger charge is -2.22. The van der Waals surface area contributed by atoms with Crippen LogP contribution in [0.1, 0.15) is 47.5 Å². The van der Waals surface area contributed by atoms with Gasteiger partial charge in [0.05, 0.1) is 5.01 Å². The molecule has 0 bridgehead atoms. The highest BCUT2D eigenvalue weighted by atomic mass is 32.1. The molecule has 3 aromatic rings. The molecule has 0 atom stereocenters. The SMILES string of the molecule is CC(C)(C)c1ccccc1Oc1ncccc1Cc1nc(C(F)(F)F)c(/C(N)=N/O)s1. The molecule has 2 heterocycles. The van der Waals surface area contributed by atoms with E-state index in [9.17, 15) is 13.2 Å². The van der Waals surface area contributed by atoms with Crippen LogP contribution in [-0.4, -0.2) is 21.0 Å². The molecule has 0 radical (unpaired) electrons. The summed E-state index contributed by atoms with van der Waals surface area (Å²) < 4.78 is 46.1. The van der Waals surface area contributed by atoms with Crippen molar-refractivity contribution in [3.8, 4) is 11.6 Å². The van der Waals surface area contributed by atoms with E-state index in [4.69, 9.17) is 15.7 Å². The zero-order valence-corrected chi connectivity index (χ0v) is 17.9. The van der Waals surface area contributed by atoms with E-state index < -0.39 is 22.6 Å². The number of oxime groups is 1. The number of amidine groups is 1. The summed E-state index contributed by atoms with van der Waals surface area (Å²) in [6.45, 7) is 6.16. The number of rotatable bonds is 5. The van der Waals surface area contributed by atoms with Gasteiger partial charge in [-0.1, -0.05) is 50.2 Å². The minimum Gasteiger partial charge on any atom is -0.438 e. The van der Waals surface area contributed by atoms with Crippen molar-refractivity contribution in [3.63, 3.8) is 0 Å². The molecular formula is C21H21F3N4O2S. The highest BCUT2D eigenvalue weighted by Crippen LogP contribution is 2.37. The fourth-order valence-electron chi connectivity index (χ4n) is 2.94. The number of thiazole rings is 1. The van der Waals surface area contributed by atoms with E-state index in [1.54, 1.807) is 18.3 Å². The number of para-hydroxylation sites is 1. The summed E-state index contributed by atoms with van der Waals surface area (Å²) in [5, 5.41) is 11.6. The Morgan fingerprint density at radius 1 is 1.16 bits per heavy atom. The number of nitrogens with two attached hydrogens (primary N) is 1. The molecule has 3 rings (SSSR count). The Labute approximate surface area is 181 Å². The van der Waals surface area contributed by atoms with Crippen molar-refractivity contribution < 1.29 is 23.1 Å². The Bertz CT molecular complexity index is 1100. The minimum absolute atomic E-state index is 0.0350. The molecule has 0 spiro atoms. The Balaban J connectivity index is 1.97. The largest absolute Gasteiger partial charge is 0.438 e. The molecule has 10 heteroatoms. The fourth-order valence-corrected chi connectivity index (χ4v) is 3.95. The third-order valence-corrected chi connectivity index (χ3v) is 5.45. The zero-order chi connectivity index (χ0) is 22.8. The molecule has 0 saturated heterocycles. The van der Waals surface area contributed by atoms with Crippen LogP contribution >= 0.6 is 11.3 Å². The van der Waals surface area contributed by atoms with E-state index in [1.807, 2.05) is 24.3 Å². The van der Waals surface area contributed by atoms with Crippen LogP contribution in [0, 0.1) is 0 Å². The molecule has 31 heavy (non-hydrogen) atoms. The van der Waals surface area contributed by atoms with E-state index in [1.165, 1.54) is 0 Å². The number of benzene rings is 1. The van der Waals surface area contributed by atoms with E-state index in [0.717, 1.165) is 5.56 Å². The van der Waals surface area contributed by atoms with Gasteiger partial charge in [0.1, 0.15) is 10.6 Å². The lowest BCUT2D eigenvalue weighted by Crippen LogP contribution is -2.18. The molecule has 1 aromatic carbocycles. The number of alkyl halides is 3. The van der Waals surface area contributed by atoms with Gasteiger partial charge < -0.3 is 15.7 Å². The first-order valence-electron chi connectivity index (χ1n) is 9.26. The maximum absolute atomic E-state index is 13.3. The molecule has 3 N–H and O–H groups in total. The molecule has 2 aromatic heterocycles. The number of hydrogen-bond acceptors (Lipinski definition) is 6. The van der Waals surface area contributed by atoms with Crippen LogP contribution in [0.4, 0.5) is 13.2 Å². The lowest BCUT2D eigenvalue weighted by atomic mass is 9.86. The monoisotopic (exact) mass is 450 g/mol. The normalized spacial score (nSPS) is 12.8. The number of pyridine rings is 1. The number of hydrogen-bond donors (Lipinski definition) is 2. The first kappa shape index (κ1) is 22.5. The van der Waals surface area contributed by atoms with Crippen molar-refractivity contribution >= 4 is 17.2 Å². The number of ether oxygens (including phenoxy) is 1. The quantitative estimate of drug-likeness (QED) is 0.237. The molecule has 164 valence electrons. The van der Waals surface area contributed by atoms with Crippen molar-refractivity contribution in [1.29, 1.82) is 0 Å². The third kappa shape index (κ3) is 5.13. The average Bonchev–Trinajstić information content (AvgIpc) is 3.13. The summed E-state index contributed by atoms with van der Waals surface area (Å²) in [5.41, 5.74) is 5.57. The van der Waals surface area contributed by atoms with Crippen LogP contribution in [0.15, 0.2) is 47.8 Å². The first-order valence-corrected chi connectivity index (χ1v) is 10.1. The van der Waals surface area contributed by atoms with Gasteiger partial charge in [-0.25, -0.2) is 9.97 Å². The maximum atomic E-state index is 13.3. The van der Waals surface area contributed by atoms with Gasteiger partial charge >= 0.3 is 6.18 Å². The molecule has 0 fully saturated rings. The predicted molar refractivity (Wildman–Crippen MR) is 112 cm³/mol. The van der Waals surface area contributed by atoms with E-state index >= 15 is 0 Å². The van der Waals surface area contributed by atoms with Crippen LogP contribution in [0.2, 0.25) is 0 Å². The van der Waals surface area contributed by atoms with Crippen LogP contribution in [0.25, 0.3) is 0 Å². The Morgan fingerprint density at radius 3 is 2.52 bits per heavy atom. The summed E-state index contributed by atoms with van der Waals surface area (Å²) in [6, 6.07) is 10.9. The van der Waals surface area contributed by atoms with Gasteiger partial charge in [-0.2, -0.15) is 13.2 Å². The van der Waals surface area contributed by atoms with Crippen LogP contribution in [0.5, 0.6) is 11.6 Å². The third-order valence-electron chi connectivity index (χ3n) is 4.37. The van der Waals surface area contributed by atoms with Crippen molar-refractivity contribution in [2.75, 3.05) is 0 Å². The van der Waals surface area contributed by atoms with Gasteiger partial charge in [-0.15, -0.1) is 11.3 Å². The fraction of sp³-hybridized carbons (Fsp3) is 0.286. The van der Waals surface area contributed by atoms with Crippen molar-refractivity contribution in [2.45, 2.75) is 38.8 Å². The Kier molecular flexibility index (Phi) is 6.21. The van der Waals surface area contributed by atoms with Crippen LogP contribution in [0.3, 0.4) is 0 Å². The Hall–Kier alpha value is -3.14. The summed E-state index contributed by atoms with van der Waals surface area (Å²) in [5.74, 6) is 0.244. The van der Waals surface area contributed by atoms with Gasteiger partial charge in [0.15, 0.2) is 11.5 Å². The molecule has 0 aliphatic carbocycles. The van der Waals surface area contributed by atoms with Gasteiger partial charge in [0, 0.05) is 23.7 Å². The zero-order valence-electron chi connectivity index (χ0n) is 17.1. The smallest absolute Gasteiger partial charge is 0.434 e. The van der Waals surface area contributed by atoms with Crippen molar-refractivity contribution in [1.82, 2.24) is 9.97 Å². The topological polar surface area (TPSA) is 93.6 Å². The summed E-state index contributed by atoms with van der Waals surface area (Å²) in [7, 11) is 0. The standard InChI is InChI=1S/C21H21F3N4O2S/c1-20(2,3)13-8-4-5-9-14(13)30-19-12(7-6-10-26-19)11-15-27-17(21(22,23)24)16(31-15)18(25)28-29/h4-10,29H,11H2,1-3H3,(H2,25,28). The maximum Gasteiger partial charge on any atom is 0.434 e. The van der Waals surface area contributed by atoms with Crippen molar-refractivity contribution in [3.05, 3.63) is 69.3 Å². The minimum atomic E-state index is -4.74. The predicted octanol–water partition coefficient (Wildman–Crippen LogP) is 5.33. The van der Waals surface area contributed by atoms with Gasteiger partial charge in [-0.05, 0) is 17.5 Å². The molecule has 0 amide bonds.